The van der Waals surface area contributed by atoms with Crippen LogP contribution in [-0.4, -0.2) is 35.4 Å². The molecule has 1 fully saturated rings. The Balaban J connectivity index is 2.12. The molecule has 1 heterocycles. The van der Waals surface area contributed by atoms with Crippen molar-refractivity contribution in [1.29, 1.82) is 0 Å². The maximum Gasteiger partial charge on any atom is 0.311 e. The molecule has 1 aliphatic rings. The highest BCUT2D eigenvalue weighted by Crippen LogP contribution is 2.26. The standard InChI is InChI=1S/C11H13ClN4O3/c1-15(6-10(17)13-7-2-3-7)11-8(16(18)19)4-5-9(12)14-11/h4-5,7H,2-3,6H2,1H3,(H,13,17). The number of carbonyl (C=O) groups is 1. The van der Waals surface area contributed by atoms with Gasteiger partial charge in [-0.2, -0.15) is 0 Å². The van der Waals surface area contributed by atoms with Crippen molar-refractivity contribution in [2.75, 3.05) is 18.5 Å². The van der Waals surface area contributed by atoms with Gasteiger partial charge in [0.15, 0.2) is 0 Å². The van der Waals surface area contributed by atoms with Crippen LogP contribution in [0, 0.1) is 10.1 Å². The van der Waals surface area contributed by atoms with Gasteiger partial charge in [-0.05, 0) is 18.9 Å². The maximum absolute atomic E-state index is 11.7. The number of nitrogens with one attached hydrogen (secondary N) is 1. The second-order valence-electron chi connectivity index (χ2n) is 4.43. The van der Waals surface area contributed by atoms with E-state index < -0.39 is 4.92 Å². The van der Waals surface area contributed by atoms with Gasteiger partial charge in [0.2, 0.25) is 11.7 Å². The van der Waals surface area contributed by atoms with Crippen LogP contribution >= 0.6 is 11.6 Å². The van der Waals surface area contributed by atoms with E-state index in [4.69, 9.17) is 11.6 Å². The molecule has 0 aliphatic heterocycles. The summed E-state index contributed by atoms with van der Waals surface area (Å²) >= 11 is 5.74. The average Bonchev–Trinajstić information content (AvgIpc) is 3.12. The van der Waals surface area contributed by atoms with Gasteiger partial charge in [0.1, 0.15) is 5.15 Å². The Morgan fingerprint density at radius 2 is 2.32 bits per heavy atom. The molecule has 2 rings (SSSR count). The average molecular weight is 285 g/mol. The van der Waals surface area contributed by atoms with Gasteiger partial charge in [-0.15, -0.1) is 0 Å². The number of carbonyl (C=O) groups excluding carboxylic acids is 1. The highest BCUT2D eigenvalue weighted by Gasteiger charge is 2.25. The number of halogens is 1. The number of pyridine rings is 1. The first kappa shape index (κ1) is 13.5. The fourth-order valence-corrected chi connectivity index (χ4v) is 1.78. The van der Waals surface area contributed by atoms with Crippen molar-refractivity contribution in [2.45, 2.75) is 18.9 Å². The van der Waals surface area contributed by atoms with Crippen LogP contribution in [0.5, 0.6) is 0 Å². The molecule has 0 saturated heterocycles. The van der Waals surface area contributed by atoms with E-state index in [1.165, 1.54) is 17.0 Å². The predicted octanol–water partition coefficient (Wildman–Crippen LogP) is 1.36. The molecule has 0 unspecified atom stereocenters. The molecule has 7 nitrogen and oxygen atoms in total. The largest absolute Gasteiger partial charge is 0.352 e. The van der Waals surface area contributed by atoms with Crippen molar-refractivity contribution in [3.05, 3.63) is 27.4 Å². The van der Waals surface area contributed by atoms with Crippen LogP contribution in [0.1, 0.15) is 12.8 Å². The van der Waals surface area contributed by atoms with E-state index in [9.17, 15) is 14.9 Å². The van der Waals surface area contributed by atoms with Crippen LogP contribution in [0.25, 0.3) is 0 Å². The number of anilines is 1. The minimum Gasteiger partial charge on any atom is -0.352 e. The number of hydrogen-bond acceptors (Lipinski definition) is 5. The number of hydrogen-bond donors (Lipinski definition) is 1. The molecule has 0 bridgehead atoms. The molecule has 0 atom stereocenters. The molecule has 19 heavy (non-hydrogen) atoms. The van der Waals surface area contributed by atoms with Gasteiger partial charge in [0.05, 0.1) is 11.5 Å². The van der Waals surface area contributed by atoms with Gasteiger partial charge >= 0.3 is 5.69 Å². The second kappa shape index (κ2) is 5.40. The maximum atomic E-state index is 11.7. The van der Waals surface area contributed by atoms with E-state index in [0.29, 0.717) is 0 Å². The monoisotopic (exact) mass is 284 g/mol. The fraction of sp³-hybridized carbons (Fsp3) is 0.455. The molecule has 1 saturated carbocycles. The Kier molecular flexibility index (Phi) is 3.84. The number of nitro groups is 1. The highest BCUT2D eigenvalue weighted by molar-refractivity contribution is 6.29. The molecule has 0 aromatic carbocycles. The number of aromatic nitrogens is 1. The predicted molar refractivity (Wildman–Crippen MR) is 70.3 cm³/mol. The molecule has 1 aliphatic carbocycles. The van der Waals surface area contributed by atoms with Crippen molar-refractivity contribution in [1.82, 2.24) is 10.3 Å². The van der Waals surface area contributed by atoms with Crippen LogP contribution in [0.3, 0.4) is 0 Å². The van der Waals surface area contributed by atoms with E-state index >= 15 is 0 Å². The van der Waals surface area contributed by atoms with E-state index in [1.807, 2.05) is 0 Å². The zero-order valence-corrected chi connectivity index (χ0v) is 11.1. The molecule has 1 amide bonds. The van der Waals surface area contributed by atoms with Crippen molar-refractivity contribution < 1.29 is 9.72 Å². The molecule has 102 valence electrons. The van der Waals surface area contributed by atoms with E-state index in [0.717, 1.165) is 12.8 Å². The van der Waals surface area contributed by atoms with Gasteiger partial charge in [-0.25, -0.2) is 4.98 Å². The minimum absolute atomic E-state index is 0.00465. The van der Waals surface area contributed by atoms with E-state index in [-0.39, 0.29) is 35.2 Å². The summed E-state index contributed by atoms with van der Waals surface area (Å²) in [4.78, 5) is 27.3. The highest BCUT2D eigenvalue weighted by atomic mass is 35.5. The SMILES string of the molecule is CN(CC(=O)NC1CC1)c1nc(Cl)ccc1[N+](=O)[O-]. The zero-order chi connectivity index (χ0) is 14.0. The summed E-state index contributed by atoms with van der Waals surface area (Å²) in [6.45, 7) is 0.00465. The summed E-state index contributed by atoms with van der Waals surface area (Å²) in [6.07, 6.45) is 1.98. The molecule has 8 heteroatoms. The zero-order valence-electron chi connectivity index (χ0n) is 10.3. The topological polar surface area (TPSA) is 88.4 Å². The van der Waals surface area contributed by atoms with Gasteiger partial charge in [0.25, 0.3) is 0 Å². The van der Waals surface area contributed by atoms with E-state index in [2.05, 4.69) is 10.3 Å². The smallest absolute Gasteiger partial charge is 0.311 e. The number of likely N-dealkylation sites (N-methyl/N-ethyl adjacent to an activating group) is 1. The Labute approximate surface area is 114 Å². The summed E-state index contributed by atoms with van der Waals surface area (Å²) < 4.78 is 0. The van der Waals surface area contributed by atoms with Gasteiger partial charge in [0, 0.05) is 19.2 Å². The molecule has 1 N–H and O–H groups in total. The van der Waals surface area contributed by atoms with Crippen LogP contribution in [0.2, 0.25) is 5.15 Å². The summed E-state index contributed by atoms with van der Waals surface area (Å²) in [5.41, 5.74) is -0.175. The van der Waals surface area contributed by atoms with Crippen molar-refractivity contribution in [3.63, 3.8) is 0 Å². The number of nitrogens with zero attached hydrogens (tertiary/aromatic N) is 3. The lowest BCUT2D eigenvalue weighted by molar-refractivity contribution is -0.384. The molecule has 1 aromatic heterocycles. The van der Waals surface area contributed by atoms with Crippen LogP contribution in [0.4, 0.5) is 11.5 Å². The molecular formula is C11H13ClN4O3. The fourth-order valence-electron chi connectivity index (χ4n) is 1.63. The molecule has 0 spiro atoms. The lowest BCUT2D eigenvalue weighted by Crippen LogP contribution is -2.36. The first-order chi connectivity index (χ1) is 8.97. The lowest BCUT2D eigenvalue weighted by Gasteiger charge is -2.17. The third kappa shape index (κ3) is 3.54. The van der Waals surface area contributed by atoms with Crippen molar-refractivity contribution >= 4 is 29.0 Å². The summed E-state index contributed by atoms with van der Waals surface area (Å²) in [5, 5.41) is 13.9. The Morgan fingerprint density at radius 1 is 1.63 bits per heavy atom. The molecular weight excluding hydrogens is 272 g/mol. The summed E-state index contributed by atoms with van der Waals surface area (Å²) in [5.74, 6) is -0.0930. The Hall–Kier alpha value is -1.89. The van der Waals surface area contributed by atoms with E-state index in [1.54, 1.807) is 7.05 Å². The third-order valence-corrected chi connectivity index (χ3v) is 2.91. The minimum atomic E-state index is -0.548. The van der Waals surface area contributed by atoms with Crippen LogP contribution in [-0.2, 0) is 4.79 Å². The van der Waals surface area contributed by atoms with Crippen molar-refractivity contribution in [2.24, 2.45) is 0 Å². The van der Waals surface area contributed by atoms with Gasteiger partial charge in [-0.3, -0.25) is 14.9 Å². The quantitative estimate of drug-likeness (QED) is 0.501. The Morgan fingerprint density at radius 3 is 2.89 bits per heavy atom. The first-order valence-electron chi connectivity index (χ1n) is 5.79. The molecule has 0 radical (unpaired) electrons. The molecule has 1 aromatic rings. The van der Waals surface area contributed by atoms with Crippen molar-refractivity contribution in [3.8, 4) is 0 Å². The summed E-state index contributed by atoms with van der Waals surface area (Å²) in [6, 6.07) is 2.88. The van der Waals surface area contributed by atoms with Gasteiger partial charge in [-0.1, -0.05) is 11.6 Å². The first-order valence-corrected chi connectivity index (χ1v) is 6.16. The second-order valence-corrected chi connectivity index (χ2v) is 4.82. The van der Waals surface area contributed by atoms with Gasteiger partial charge < -0.3 is 10.2 Å². The third-order valence-electron chi connectivity index (χ3n) is 2.70. The van der Waals surface area contributed by atoms with Crippen LogP contribution in [0.15, 0.2) is 12.1 Å². The summed E-state index contributed by atoms with van der Waals surface area (Å²) in [7, 11) is 1.57. The van der Waals surface area contributed by atoms with Crippen LogP contribution < -0.4 is 10.2 Å². The normalized spacial score (nSPS) is 14.0. The number of amides is 1. The lowest BCUT2D eigenvalue weighted by atomic mass is 10.3. The number of rotatable bonds is 5. The Bertz CT molecular complexity index is 519.